The number of nitrogens with zero attached hydrogens (tertiary/aromatic N) is 2. The minimum Gasteiger partial charge on any atom is -0.493 e. The number of fused-ring (bicyclic) bond motifs is 3. The standard InChI is InChI=1S/C20H21N3O4S2/c1-26-13-8-11(19(24)25)12(9-14(13)27-2)21-17-16-10-6-4-5-7-15(10)29-18(16)23-20(22-17)28-3/h8-9H,4-7H2,1-3H3,(H,24,25)(H,21,22,23). The molecule has 0 radical (unpaired) electrons. The first-order chi connectivity index (χ1) is 14.0. The Balaban J connectivity index is 1.90. The normalized spacial score (nSPS) is 13.2. The van der Waals surface area contributed by atoms with Gasteiger partial charge in [-0.1, -0.05) is 11.8 Å². The zero-order valence-corrected chi connectivity index (χ0v) is 18.0. The Hall–Kier alpha value is -2.52. The minimum absolute atomic E-state index is 0.0872. The van der Waals surface area contributed by atoms with Gasteiger partial charge in [-0.25, -0.2) is 14.8 Å². The van der Waals surface area contributed by atoms with Crippen LogP contribution in [0, 0.1) is 0 Å². The van der Waals surface area contributed by atoms with Crippen molar-refractivity contribution in [2.24, 2.45) is 0 Å². The number of aromatic nitrogens is 2. The van der Waals surface area contributed by atoms with Gasteiger partial charge >= 0.3 is 5.97 Å². The number of methoxy groups -OCH3 is 2. The van der Waals surface area contributed by atoms with Crippen LogP contribution in [0.1, 0.15) is 33.6 Å². The zero-order chi connectivity index (χ0) is 20.5. The summed E-state index contributed by atoms with van der Waals surface area (Å²) < 4.78 is 10.6. The van der Waals surface area contributed by atoms with E-state index in [1.165, 1.54) is 48.9 Å². The number of hydrogen-bond donors (Lipinski definition) is 2. The van der Waals surface area contributed by atoms with E-state index in [9.17, 15) is 9.90 Å². The number of benzene rings is 1. The van der Waals surface area contributed by atoms with E-state index in [1.54, 1.807) is 17.4 Å². The van der Waals surface area contributed by atoms with E-state index in [4.69, 9.17) is 9.47 Å². The van der Waals surface area contributed by atoms with Gasteiger partial charge in [0.1, 0.15) is 10.6 Å². The predicted octanol–water partition coefficient (Wildman–Crippen LogP) is 4.75. The van der Waals surface area contributed by atoms with Gasteiger partial charge in [-0.15, -0.1) is 11.3 Å². The summed E-state index contributed by atoms with van der Waals surface area (Å²) in [5.41, 5.74) is 1.77. The molecule has 2 N–H and O–H groups in total. The van der Waals surface area contributed by atoms with Gasteiger partial charge in [0.15, 0.2) is 16.7 Å². The fourth-order valence-electron chi connectivity index (χ4n) is 3.61. The van der Waals surface area contributed by atoms with E-state index in [2.05, 4.69) is 15.3 Å². The van der Waals surface area contributed by atoms with Crippen LogP contribution >= 0.6 is 23.1 Å². The monoisotopic (exact) mass is 431 g/mol. The number of nitrogens with one attached hydrogen (secondary N) is 1. The van der Waals surface area contributed by atoms with Crippen LogP contribution in [-0.2, 0) is 12.8 Å². The maximum Gasteiger partial charge on any atom is 0.337 e. The third-order valence-corrected chi connectivity index (χ3v) is 6.72. The number of carboxylic acid groups (broad SMARTS) is 1. The number of rotatable bonds is 6. The largest absolute Gasteiger partial charge is 0.493 e. The molecule has 4 rings (SSSR count). The van der Waals surface area contributed by atoms with Crippen molar-refractivity contribution < 1.29 is 19.4 Å². The summed E-state index contributed by atoms with van der Waals surface area (Å²) in [7, 11) is 3.00. The quantitative estimate of drug-likeness (QED) is 0.427. The summed E-state index contributed by atoms with van der Waals surface area (Å²) >= 11 is 3.17. The first-order valence-corrected chi connectivity index (χ1v) is 11.2. The number of thioether (sulfide) groups is 1. The average Bonchev–Trinajstić information content (AvgIpc) is 3.11. The molecule has 2 heterocycles. The van der Waals surface area contributed by atoms with Gasteiger partial charge in [0.2, 0.25) is 0 Å². The van der Waals surface area contributed by atoms with Crippen LogP contribution in [-0.4, -0.2) is 41.5 Å². The lowest BCUT2D eigenvalue weighted by Crippen LogP contribution is -2.07. The lowest BCUT2D eigenvalue weighted by molar-refractivity contribution is 0.0697. The van der Waals surface area contributed by atoms with Crippen molar-refractivity contribution in [3.05, 3.63) is 28.1 Å². The Morgan fingerprint density at radius 1 is 1.17 bits per heavy atom. The van der Waals surface area contributed by atoms with E-state index in [0.29, 0.717) is 28.2 Å². The Kier molecular flexibility index (Phi) is 5.51. The molecule has 0 saturated carbocycles. The first-order valence-electron chi connectivity index (χ1n) is 9.18. The van der Waals surface area contributed by atoms with Crippen molar-refractivity contribution >= 4 is 50.8 Å². The Bertz CT molecular complexity index is 1100. The number of aromatic carboxylic acids is 1. The zero-order valence-electron chi connectivity index (χ0n) is 16.4. The lowest BCUT2D eigenvalue weighted by Gasteiger charge is -2.16. The number of thiophene rings is 1. The minimum atomic E-state index is -1.06. The molecule has 2 aromatic heterocycles. The Labute approximate surface area is 176 Å². The molecule has 152 valence electrons. The maximum absolute atomic E-state index is 11.9. The van der Waals surface area contributed by atoms with Gasteiger partial charge in [-0.3, -0.25) is 0 Å². The third-order valence-electron chi connectivity index (χ3n) is 4.98. The summed E-state index contributed by atoms with van der Waals surface area (Å²) in [6, 6.07) is 3.09. The van der Waals surface area contributed by atoms with E-state index < -0.39 is 5.97 Å². The molecular weight excluding hydrogens is 410 g/mol. The van der Waals surface area contributed by atoms with E-state index >= 15 is 0 Å². The molecule has 1 aliphatic carbocycles. The fourth-order valence-corrected chi connectivity index (χ4v) is 5.29. The number of aryl methyl sites for hydroxylation is 2. The Morgan fingerprint density at radius 2 is 1.90 bits per heavy atom. The van der Waals surface area contributed by atoms with Gasteiger partial charge in [0.05, 0.1) is 30.9 Å². The highest BCUT2D eigenvalue weighted by Crippen LogP contribution is 2.41. The maximum atomic E-state index is 11.9. The SMILES string of the molecule is COc1cc(Nc2nc(SC)nc3sc4c(c23)CCCC4)c(C(=O)O)cc1OC. The van der Waals surface area contributed by atoms with Gasteiger partial charge in [0.25, 0.3) is 0 Å². The van der Waals surface area contributed by atoms with Crippen molar-refractivity contribution in [3.8, 4) is 11.5 Å². The first kappa shape index (κ1) is 19.8. The molecule has 0 aliphatic heterocycles. The molecule has 0 fully saturated rings. The highest BCUT2D eigenvalue weighted by Gasteiger charge is 2.23. The lowest BCUT2D eigenvalue weighted by atomic mass is 9.97. The van der Waals surface area contributed by atoms with Crippen LogP contribution in [0.4, 0.5) is 11.5 Å². The molecule has 0 bridgehead atoms. The molecule has 1 aliphatic rings. The van der Waals surface area contributed by atoms with Crippen LogP contribution in [0.15, 0.2) is 17.3 Å². The summed E-state index contributed by atoms with van der Waals surface area (Å²) in [6.07, 6.45) is 6.30. The molecular formula is C20H21N3O4S2. The van der Waals surface area contributed by atoms with Crippen molar-refractivity contribution in [2.45, 2.75) is 30.8 Å². The van der Waals surface area contributed by atoms with Crippen molar-refractivity contribution in [1.82, 2.24) is 9.97 Å². The second-order valence-electron chi connectivity index (χ2n) is 6.63. The summed E-state index contributed by atoms with van der Waals surface area (Å²) in [5.74, 6) is 0.383. The van der Waals surface area contributed by atoms with Crippen LogP contribution < -0.4 is 14.8 Å². The van der Waals surface area contributed by atoms with Crippen LogP contribution in [0.5, 0.6) is 11.5 Å². The summed E-state index contributed by atoms with van der Waals surface area (Å²) in [6.45, 7) is 0. The summed E-state index contributed by atoms with van der Waals surface area (Å²) in [4.78, 5) is 23.5. The van der Waals surface area contributed by atoms with Crippen LogP contribution in [0.2, 0.25) is 0 Å². The molecule has 0 spiro atoms. The molecule has 9 heteroatoms. The van der Waals surface area contributed by atoms with Gasteiger partial charge < -0.3 is 19.9 Å². The molecule has 1 aromatic carbocycles. The number of carboxylic acids is 1. The Morgan fingerprint density at radius 3 is 2.59 bits per heavy atom. The molecule has 0 unspecified atom stereocenters. The predicted molar refractivity (Wildman–Crippen MR) is 116 cm³/mol. The highest BCUT2D eigenvalue weighted by atomic mass is 32.2. The third kappa shape index (κ3) is 3.60. The number of ether oxygens (including phenoxy) is 2. The molecule has 29 heavy (non-hydrogen) atoms. The smallest absolute Gasteiger partial charge is 0.337 e. The highest BCUT2D eigenvalue weighted by molar-refractivity contribution is 7.98. The van der Waals surface area contributed by atoms with Gasteiger partial charge in [-0.05, 0) is 37.5 Å². The second-order valence-corrected chi connectivity index (χ2v) is 8.49. The van der Waals surface area contributed by atoms with Crippen LogP contribution in [0.25, 0.3) is 10.2 Å². The fraction of sp³-hybridized carbons (Fsp3) is 0.350. The van der Waals surface area contributed by atoms with E-state index in [1.807, 2.05) is 6.26 Å². The average molecular weight is 432 g/mol. The van der Waals surface area contributed by atoms with Crippen molar-refractivity contribution in [2.75, 3.05) is 25.8 Å². The second kappa shape index (κ2) is 8.08. The van der Waals surface area contributed by atoms with Crippen molar-refractivity contribution in [3.63, 3.8) is 0 Å². The molecule has 0 atom stereocenters. The number of anilines is 2. The van der Waals surface area contributed by atoms with E-state index in [0.717, 1.165) is 29.5 Å². The molecule has 7 nitrogen and oxygen atoms in total. The number of carbonyl (C=O) groups is 1. The van der Waals surface area contributed by atoms with Gasteiger partial charge in [0, 0.05) is 17.0 Å². The van der Waals surface area contributed by atoms with Crippen molar-refractivity contribution in [1.29, 1.82) is 0 Å². The van der Waals surface area contributed by atoms with Gasteiger partial charge in [-0.2, -0.15) is 0 Å². The molecule has 0 amide bonds. The number of hydrogen-bond acceptors (Lipinski definition) is 8. The van der Waals surface area contributed by atoms with Crippen LogP contribution in [0.3, 0.4) is 0 Å². The molecule has 3 aromatic rings. The van der Waals surface area contributed by atoms with E-state index in [-0.39, 0.29) is 5.56 Å². The summed E-state index contributed by atoms with van der Waals surface area (Å²) in [5, 5.41) is 14.6. The molecule has 0 saturated heterocycles. The topological polar surface area (TPSA) is 93.6 Å².